The normalized spacial score (nSPS) is 19.5. The molecular weight excluding hydrogens is 346 g/mol. The molecule has 0 spiro atoms. The minimum absolute atomic E-state index is 0.0743. The predicted molar refractivity (Wildman–Crippen MR) is 105 cm³/mol. The van der Waals surface area contributed by atoms with Gasteiger partial charge in [0.15, 0.2) is 0 Å². The molecule has 1 N–H and O–H groups in total. The van der Waals surface area contributed by atoms with Gasteiger partial charge in [0.1, 0.15) is 11.9 Å². The van der Waals surface area contributed by atoms with Crippen LogP contribution in [0.3, 0.4) is 0 Å². The molecule has 2 aromatic rings. The first-order valence-corrected chi connectivity index (χ1v) is 9.00. The molecule has 2 unspecified atom stereocenters. The monoisotopic (exact) mass is 367 g/mol. The van der Waals surface area contributed by atoms with Crippen LogP contribution in [0.1, 0.15) is 29.6 Å². The van der Waals surface area contributed by atoms with Crippen LogP contribution in [-0.4, -0.2) is 23.3 Å². The van der Waals surface area contributed by atoms with E-state index in [2.05, 4.69) is 11.9 Å². The van der Waals surface area contributed by atoms with Crippen LogP contribution in [0.5, 0.6) is 5.75 Å². The maximum atomic E-state index is 12.3. The highest BCUT2D eigenvalue weighted by atomic mass is 32.1. The molecule has 1 aliphatic carbocycles. The number of ether oxygens (including phenoxy) is 2. The van der Waals surface area contributed by atoms with E-state index >= 15 is 0 Å². The summed E-state index contributed by atoms with van der Waals surface area (Å²) in [5, 5.41) is 3.53. The van der Waals surface area contributed by atoms with Gasteiger partial charge in [-0.05, 0) is 54.9 Å². The Hall–Kier alpha value is -2.66. The van der Waals surface area contributed by atoms with Crippen molar-refractivity contribution >= 4 is 23.4 Å². The predicted octanol–water partition coefficient (Wildman–Crippen LogP) is 4.27. The highest BCUT2D eigenvalue weighted by Crippen LogP contribution is 2.26. The second-order valence-corrected chi connectivity index (χ2v) is 6.61. The lowest BCUT2D eigenvalue weighted by atomic mass is 9.89. The van der Waals surface area contributed by atoms with Gasteiger partial charge in [-0.25, -0.2) is 4.79 Å². The molecule has 0 saturated heterocycles. The van der Waals surface area contributed by atoms with Crippen LogP contribution in [0.25, 0.3) is 0 Å². The number of hydrogen-bond acceptors (Lipinski definition) is 4. The van der Waals surface area contributed by atoms with Gasteiger partial charge in [0.05, 0.1) is 5.56 Å². The van der Waals surface area contributed by atoms with Crippen LogP contribution in [0.4, 0.5) is 0 Å². The van der Waals surface area contributed by atoms with Crippen molar-refractivity contribution in [1.82, 2.24) is 5.32 Å². The smallest absolute Gasteiger partial charge is 0.338 e. The van der Waals surface area contributed by atoms with Crippen LogP contribution < -0.4 is 10.1 Å². The summed E-state index contributed by atoms with van der Waals surface area (Å²) >= 11 is 5.29. The number of nitrogens with one attached hydrogen (secondary N) is 1. The maximum Gasteiger partial charge on any atom is 0.338 e. The van der Waals surface area contributed by atoms with E-state index in [1.54, 1.807) is 12.1 Å². The molecule has 4 nitrogen and oxygen atoms in total. The van der Waals surface area contributed by atoms with Gasteiger partial charge in [0, 0.05) is 12.5 Å². The number of esters is 1. The molecule has 2 atom stereocenters. The van der Waals surface area contributed by atoms with Crippen LogP contribution in [-0.2, 0) is 4.74 Å². The molecular formula is C21H21NO3S. The number of carbonyl (C=O) groups is 1. The molecule has 134 valence electrons. The zero-order valence-electron chi connectivity index (χ0n) is 14.4. The fraction of sp³-hybridized carbons (Fsp3) is 0.238. The summed E-state index contributed by atoms with van der Waals surface area (Å²) in [6.07, 6.45) is 1.94. The molecule has 0 aliphatic heterocycles. The summed E-state index contributed by atoms with van der Waals surface area (Å²) in [4.78, 5) is 12.3. The van der Waals surface area contributed by atoms with Crippen molar-refractivity contribution in [3.05, 3.63) is 78.4 Å². The van der Waals surface area contributed by atoms with Crippen LogP contribution in [0.2, 0.25) is 0 Å². The minimum atomic E-state index is -0.333. The summed E-state index contributed by atoms with van der Waals surface area (Å²) in [6.45, 7) is 4.05. The van der Waals surface area contributed by atoms with Gasteiger partial charge < -0.3 is 14.8 Å². The van der Waals surface area contributed by atoms with Crippen molar-refractivity contribution in [2.45, 2.75) is 31.4 Å². The molecule has 26 heavy (non-hydrogen) atoms. The van der Waals surface area contributed by atoms with Crippen LogP contribution in [0.15, 0.2) is 72.8 Å². The molecule has 1 aliphatic rings. The zero-order valence-corrected chi connectivity index (χ0v) is 15.2. The molecule has 0 amide bonds. The van der Waals surface area contributed by atoms with E-state index in [0.29, 0.717) is 22.9 Å². The maximum absolute atomic E-state index is 12.3. The summed E-state index contributed by atoms with van der Waals surface area (Å²) in [5.74, 6) is 0.359. The summed E-state index contributed by atoms with van der Waals surface area (Å²) < 4.78 is 11.3. The van der Waals surface area contributed by atoms with Crippen molar-refractivity contribution < 1.29 is 14.3 Å². The van der Waals surface area contributed by atoms with E-state index in [4.69, 9.17) is 21.7 Å². The van der Waals surface area contributed by atoms with E-state index in [0.717, 1.165) is 18.4 Å². The van der Waals surface area contributed by atoms with Crippen LogP contribution in [0, 0.1) is 0 Å². The van der Waals surface area contributed by atoms with Crippen molar-refractivity contribution in [2.75, 3.05) is 0 Å². The van der Waals surface area contributed by atoms with E-state index in [1.165, 1.54) is 0 Å². The van der Waals surface area contributed by atoms with Gasteiger partial charge in [-0.2, -0.15) is 0 Å². The fourth-order valence-corrected chi connectivity index (χ4v) is 3.15. The number of hydrogen-bond donors (Lipinski definition) is 1. The average molecular weight is 367 g/mol. The quantitative estimate of drug-likeness (QED) is 0.497. The first kappa shape index (κ1) is 18.1. The first-order chi connectivity index (χ1) is 12.6. The SMILES string of the molecule is C=C1CCC(NC(=S)Oc2ccccc2)CC1OC(=O)c1ccccc1. The Labute approximate surface area is 158 Å². The van der Waals surface area contributed by atoms with Crippen molar-refractivity contribution in [1.29, 1.82) is 0 Å². The summed E-state index contributed by atoms with van der Waals surface area (Å²) in [5.41, 5.74) is 1.47. The number of carbonyl (C=O) groups excluding carboxylic acids is 1. The number of para-hydroxylation sites is 1. The Morgan fingerprint density at radius 2 is 1.73 bits per heavy atom. The lowest BCUT2D eigenvalue weighted by molar-refractivity contribution is 0.0308. The largest absolute Gasteiger partial charge is 0.454 e. The van der Waals surface area contributed by atoms with E-state index in [1.807, 2.05) is 48.5 Å². The Bertz CT molecular complexity index is 776. The Balaban J connectivity index is 1.55. The topological polar surface area (TPSA) is 47.6 Å². The lowest BCUT2D eigenvalue weighted by Crippen LogP contribution is -2.42. The van der Waals surface area contributed by atoms with Crippen LogP contribution >= 0.6 is 12.2 Å². The molecule has 2 aromatic carbocycles. The Kier molecular flexibility index (Phi) is 6.02. The summed E-state index contributed by atoms with van der Waals surface area (Å²) in [6, 6.07) is 18.5. The van der Waals surface area contributed by atoms with E-state index in [-0.39, 0.29) is 18.1 Å². The molecule has 1 saturated carbocycles. The van der Waals surface area contributed by atoms with Gasteiger partial charge in [0.2, 0.25) is 0 Å². The zero-order chi connectivity index (χ0) is 18.4. The first-order valence-electron chi connectivity index (χ1n) is 8.59. The third-order valence-electron chi connectivity index (χ3n) is 4.30. The molecule has 0 radical (unpaired) electrons. The Morgan fingerprint density at radius 3 is 2.42 bits per heavy atom. The van der Waals surface area contributed by atoms with E-state index in [9.17, 15) is 4.79 Å². The Morgan fingerprint density at radius 1 is 1.08 bits per heavy atom. The van der Waals surface area contributed by atoms with Crippen molar-refractivity contribution in [3.8, 4) is 5.75 Å². The number of thiocarbonyl (C=S) groups is 1. The van der Waals surface area contributed by atoms with Crippen molar-refractivity contribution in [3.63, 3.8) is 0 Å². The van der Waals surface area contributed by atoms with Gasteiger partial charge in [0.25, 0.3) is 5.17 Å². The average Bonchev–Trinajstić information content (AvgIpc) is 2.66. The summed E-state index contributed by atoms with van der Waals surface area (Å²) in [7, 11) is 0. The molecule has 0 bridgehead atoms. The number of rotatable bonds is 4. The third-order valence-corrected chi connectivity index (χ3v) is 4.50. The highest BCUT2D eigenvalue weighted by Gasteiger charge is 2.28. The third kappa shape index (κ3) is 4.92. The van der Waals surface area contributed by atoms with Gasteiger partial charge in [-0.3, -0.25) is 0 Å². The molecule has 3 rings (SSSR count). The highest BCUT2D eigenvalue weighted by molar-refractivity contribution is 7.80. The lowest BCUT2D eigenvalue weighted by Gasteiger charge is -2.31. The minimum Gasteiger partial charge on any atom is -0.454 e. The standard InChI is InChI=1S/C21H21NO3S/c1-15-12-13-17(22-21(26)24-18-10-6-3-7-11-18)14-19(15)25-20(23)16-8-4-2-5-9-16/h2-11,17,19H,1,12-14H2,(H,22,26). The number of benzene rings is 2. The fourth-order valence-electron chi connectivity index (χ4n) is 2.89. The molecule has 0 heterocycles. The van der Waals surface area contributed by atoms with Gasteiger partial charge in [-0.1, -0.05) is 43.0 Å². The van der Waals surface area contributed by atoms with Gasteiger partial charge >= 0.3 is 5.97 Å². The molecule has 5 heteroatoms. The second kappa shape index (κ2) is 8.63. The van der Waals surface area contributed by atoms with Crippen molar-refractivity contribution in [2.24, 2.45) is 0 Å². The molecule has 0 aromatic heterocycles. The molecule has 1 fully saturated rings. The van der Waals surface area contributed by atoms with E-state index < -0.39 is 0 Å². The second-order valence-electron chi connectivity index (χ2n) is 6.24. The van der Waals surface area contributed by atoms with Gasteiger partial charge in [-0.15, -0.1) is 0 Å².